The fraction of sp³-hybridized carbons (Fsp3) is 0.333. The van der Waals surface area contributed by atoms with Gasteiger partial charge >= 0.3 is 0 Å². The minimum Gasteiger partial charge on any atom is -0.306 e. The maximum Gasteiger partial charge on any atom is 0.254 e. The summed E-state index contributed by atoms with van der Waals surface area (Å²) in [5, 5.41) is 3.95. The SMILES string of the molecule is Cc1nc(-c2ccsc2)[nH]c(=O)c1C(C)C. The van der Waals surface area contributed by atoms with Gasteiger partial charge in [-0.05, 0) is 24.3 Å². The second kappa shape index (κ2) is 4.22. The summed E-state index contributed by atoms with van der Waals surface area (Å²) in [5.74, 6) is 0.862. The molecule has 0 aliphatic rings. The molecule has 0 spiro atoms. The maximum absolute atomic E-state index is 11.9. The number of aryl methyl sites for hydroxylation is 1. The molecule has 0 aromatic carbocycles. The molecule has 0 unspecified atom stereocenters. The van der Waals surface area contributed by atoms with Crippen LogP contribution in [0.3, 0.4) is 0 Å². The first-order chi connectivity index (χ1) is 7.59. The van der Waals surface area contributed by atoms with Gasteiger partial charge in [0.15, 0.2) is 0 Å². The van der Waals surface area contributed by atoms with Gasteiger partial charge in [-0.2, -0.15) is 11.3 Å². The van der Waals surface area contributed by atoms with Gasteiger partial charge in [0, 0.05) is 22.2 Å². The van der Waals surface area contributed by atoms with Gasteiger partial charge in [-0.3, -0.25) is 4.79 Å². The molecule has 0 saturated heterocycles. The Labute approximate surface area is 98.2 Å². The number of nitrogens with zero attached hydrogens (tertiary/aromatic N) is 1. The molecule has 0 aliphatic carbocycles. The summed E-state index contributed by atoms with van der Waals surface area (Å²) < 4.78 is 0. The number of aromatic nitrogens is 2. The third-order valence-electron chi connectivity index (χ3n) is 2.52. The first kappa shape index (κ1) is 11.1. The van der Waals surface area contributed by atoms with Crippen LogP contribution in [0, 0.1) is 6.92 Å². The van der Waals surface area contributed by atoms with Gasteiger partial charge < -0.3 is 4.98 Å². The van der Waals surface area contributed by atoms with E-state index in [1.807, 2.05) is 37.6 Å². The Morgan fingerprint density at radius 3 is 2.69 bits per heavy atom. The van der Waals surface area contributed by atoms with Gasteiger partial charge in [0.05, 0.1) is 0 Å². The minimum atomic E-state index is -0.0244. The highest BCUT2D eigenvalue weighted by atomic mass is 32.1. The van der Waals surface area contributed by atoms with E-state index in [0.29, 0.717) is 5.82 Å². The van der Waals surface area contributed by atoms with E-state index < -0.39 is 0 Å². The molecule has 0 atom stereocenters. The highest BCUT2D eigenvalue weighted by molar-refractivity contribution is 7.08. The molecule has 4 heteroatoms. The van der Waals surface area contributed by atoms with Crippen LogP contribution in [0.25, 0.3) is 11.4 Å². The molecule has 2 heterocycles. The van der Waals surface area contributed by atoms with Crippen molar-refractivity contribution in [3.05, 3.63) is 38.4 Å². The quantitative estimate of drug-likeness (QED) is 0.868. The van der Waals surface area contributed by atoms with Crippen molar-refractivity contribution in [1.29, 1.82) is 0 Å². The Hall–Kier alpha value is -1.42. The van der Waals surface area contributed by atoms with Gasteiger partial charge in [0.1, 0.15) is 5.82 Å². The molecule has 0 bridgehead atoms. The van der Waals surface area contributed by atoms with Crippen LogP contribution in [0.1, 0.15) is 31.0 Å². The fourth-order valence-corrected chi connectivity index (χ4v) is 2.45. The predicted octanol–water partition coefficient (Wildman–Crippen LogP) is 2.93. The van der Waals surface area contributed by atoms with Crippen molar-refractivity contribution in [3.8, 4) is 11.4 Å². The summed E-state index contributed by atoms with van der Waals surface area (Å²) >= 11 is 1.59. The van der Waals surface area contributed by atoms with Gasteiger partial charge in [0.2, 0.25) is 0 Å². The molecule has 0 saturated carbocycles. The molecule has 0 aliphatic heterocycles. The van der Waals surface area contributed by atoms with Crippen molar-refractivity contribution in [2.75, 3.05) is 0 Å². The minimum absolute atomic E-state index is 0.0244. The topological polar surface area (TPSA) is 45.8 Å². The summed E-state index contributed by atoms with van der Waals surface area (Å²) in [4.78, 5) is 19.2. The van der Waals surface area contributed by atoms with E-state index in [2.05, 4.69) is 9.97 Å². The molecule has 0 radical (unpaired) electrons. The van der Waals surface area contributed by atoms with Gasteiger partial charge in [-0.25, -0.2) is 4.98 Å². The van der Waals surface area contributed by atoms with E-state index in [1.54, 1.807) is 11.3 Å². The Kier molecular flexibility index (Phi) is 2.92. The Morgan fingerprint density at radius 1 is 1.44 bits per heavy atom. The summed E-state index contributed by atoms with van der Waals surface area (Å²) in [6.07, 6.45) is 0. The highest BCUT2D eigenvalue weighted by Crippen LogP contribution is 2.19. The van der Waals surface area contributed by atoms with Crippen molar-refractivity contribution in [2.45, 2.75) is 26.7 Å². The zero-order valence-electron chi connectivity index (χ0n) is 9.57. The zero-order valence-corrected chi connectivity index (χ0v) is 10.4. The molecule has 2 aromatic rings. The van der Waals surface area contributed by atoms with Crippen molar-refractivity contribution < 1.29 is 0 Å². The third-order valence-corrected chi connectivity index (χ3v) is 3.20. The Morgan fingerprint density at radius 2 is 2.19 bits per heavy atom. The molecule has 84 valence electrons. The van der Waals surface area contributed by atoms with E-state index in [-0.39, 0.29) is 11.5 Å². The van der Waals surface area contributed by atoms with Crippen molar-refractivity contribution in [1.82, 2.24) is 9.97 Å². The van der Waals surface area contributed by atoms with Crippen LogP contribution in [0.5, 0.6) is 0 Å². The normalized spacial score (nSPS) is 11.0. The van der Waals surface area contributed by atoms with Crippen molar-refractivity contribution in [3.63, 3.8) is 0 Å². The number of nitrogens with one attached hydrogen (secondary N) is 1. The predicted molar refractivity (Wildman–Crippen MR) is 67.0 cm³/mol. The molecule has 16 heavy (non-hydrogen) atoms. The van der Waals surface area contributed by atoms with Gasteiger partial charge in [0.25, 0.3) is 5.56 Å². The lowest BCUT2D eigenvalue weighted by atomic mass is 10.0. The van der Waals surface area contributed by atoms with Crippen molar-refractivity contribution in [2.24, 2.45) is 0 Å². The molecular formula is C12H14N2OS. The monoisotopic (exact) mass is 234 g/mol. The summed E-state index contributed by atoms with van der Waals surface area (Å²) in [5.41, 5.74) is 2.54. The molecule has 1 N–H and O–H groups in total. The zero-order chi connectivity index (χ0) is 11.7. The van der Waals surface area contributed by atoms with E-state index in [9.17, 15) is 4.79 Å². The molecule has 0 amide bonds. The van der Waals surface area contributed by atoms with Crippen LogP contribution in [-0.4, -0.2) is 9.97 Å². The van der Waals surface area contributed by atoms with E-state index in [1.165, 1.54) is 0 Å². The highest BCUT2D eigenvalue weighted by Gasteiger charge is 2.12. The largest absolute Gasteiger partial charge is 0.306 e. The van der Waals surface area contributed by atoms with Crippen LogP contribution in [0.4, 0.5) is 0 Å². The molecule has 3 nitrogen and oxygen atoms in total. The standard InChI is InChI=1S/C12H14N2OS/c1-7(2)10-8(3)13-11(14-12(10)15)9-4-5-16-6-9/h4-7H,1-3H3,(H,13,14,15). The number of aromatic amines is 1. The smallest absolute Gasteiger partial charge is 0.254 e. The lowest BCUT2D eigenvalue weighted by Gasteiger charge is -2.08. The molecule has 0 fully saturated rings. The first-order valence-electron chi connectivity index (χ1n) is 5.23. The fourth-order valence-electron chi connectivity index (χ4n) is 1.81. The summed E-state index contributed by atoms with van der Waals surface area (Å²) in [6.45, 7) is 5.90. The lowest BCUT2D eigenvalue weighted by molar-refractivity contribution is 0.815. The number of thiophene rings is 1. The summed E-state index contributed by atoms with van der Waals surface area (Å²) in [7, 11) is 0. The lowest BCUT2D eigenvalue weighted by Crippen LogP contribution is -2.18. The number of hydrogen-bond donors (Lipinski definition) is 1. The average molecular weight is 234 g/mol. The molecule has 2 rings (SSSR count). The van der Waals surface area contributed by atoms with Crippen LogP contribution in [0.15, 0.2) is 21.6 Å². The van der Waals surface area contributed by atoms with Gasteiger partial charge in [-0.1, -0.05) is 13.8 Å². The van der Waals surface area contributed by atoms with Crippen molar-refractivity contribution >= 4 is 11.3 Å². The Balaban J connectivity index is 2.58. The second-order valence-electron chi connectivity index (χ2n) is 4.08. The van der Waals surface area contributed by atoms with Crippen LogP contribution < -0.4 is 5.56 Å². The maximum atomic E-state index is 11.9. The average Bonchev–Trinajstić information content (AvgIpc) is 2.67. The summed E-state index contributed by atoms with van der Waals surface area (Å²) in [6, 6.07) is 1.96. The van der Waals surface area contributed by atoms with Gasteiger partial charge in [-0.15, -0.1) is 0 Å². The third kappa shape index (κ3) is 1.93. The number of H-pyrrole nitrogens is 1. The second-order valence-corrected chi connectivity index (χ2v) is 4.86. The molecular weight excluding hydrogens is 220 g/mol. The number of hydrogen-bond acceptors (Lipinski definition) is 3. The van der Waals surface area contributed by atoms with E-state index in [0.717, 1.165) is 16.8 Å². The van der Waals surface area contributed by atoms with E-state index in [4.69, 9.17) is 0 Å². The number of rotatable bonds is 2. The first-order valence-corrected chi connectivity index (χ1v) is 6.17. The van der Waals surface area contributed by atoms with E-state index >= 15 is 0 Å². The van der Waals surface area contributed by atoms with Crippen LogP contribution in [0.2, 0.25) is 0 Å². The van der Waals surface area contributed by atoms with Crippen LogP contribution >= 0.6 is 11.3 Å². The Bertz CT molecular complexity index is 541. The van der Waals surface area contributed by atoms with Crippen LogP contribution in [-0.2, 0) is 0 Å². The molecule has 2 aromatic heterocycles.